The third-order valence-electron chi connectivity index (χ3n) is 12.6. The first kappa shape index (κ1) is 42.9. The van der Waals surface area contributed by atoms with Crippen LogP contribution in [0.1, 0.15) is 48.8 Å². The molecule has 10 rings (SSSR count). The summed E-state index contributed by atoms with van der Waals surface area (Å²) in [6, 6.07) is 24.3. The van der Waals surface area contributed by atoms with Crippen LogP contribution in [0, 0.1) is 46.8 Å². The van der Waals surface area contributed by atoms with Gasteiger partial charge in [-0.2, -0.15) is 10.5 Å². The summed E-state index contributed by atoms with van der Waals surface area (Å²) in [5, 5.41) is 17.8. The molecule has 4 fully saturated rings. The first-order valence-corrected chi connectivity index (χ1v) is 22.2. The van der Waals surface area contributed by atoms with Crippen molar-refractivity contribution in [2.75, 3.05) is 49.1 Å². The van der Waals surface area contributed by atoms with E-state index in [0.29, 0.717) is 30.0 Å². The highest BCUT2D eigenvalue weighted by molar-refractivity contribution is 9.10. The number of piperazine rings is 2. The second-order valence-corrected chi connectivity index (χ2v) is 17.4. The number of pyridine rings is 2. The summed E-state index contributed by atoms with van der Waals surface area (Å²) >= 11 is 3.47. The Morgan fingerprint density at radius 1 is 0.698 bits per heavy atom. The van der Waals surface area contributed by atoms with Crippen molar-refractivity contribution in [3.8, 4) is 24.5 Å². The fourth-order valence-corrected chi connectivity index (χ4v) is 10.1. The predicted octanol–water partition coefficient (Wildman–Crippen LogP) is 6.25. The van der Waals surface area contributed by atoms with Crippen LogP contribution < -0.4 is 9.80 Å². The molecule has 4 aliphatic heterocycles. The monoisotopic (exact) mass is 904 g/mol. The summed E-state index contributed by atoms with van der Waals surface area (Å²) in [4.78, 5) is 51.1. The van der Waals surface area contributed by atoms with Crippen molar-refractivity contribution in [2.45, 2.75) is 50.6 Å². The van der Waals surface area contributed by atoms with E-state index in [4.69, 9.17) is 16.9 Å². The van der Waals surface area contributed by atoms with E-state index in [1.54, 1.807) is 24.5 Å². The molecule has 0 unspecified atom stereocenters. The standard InChI is InChI=1S/C24H26N6O.C16H16N4O.C8H7BrN2/c1-28-16-27-21-7-3-5-18(23(21)28)4-2-6-19-12-20-15-29(10-11-30(20)24(19)31)22-9-8-17(13-25)14-26-22;1-2-3-13-8-14-11-19(6-7-20(14)16(13)21)15-5-4-12(9-17)10-18-15;1-11-5-10-7-4-2-3-6(9)8(7)11/h3,5,7-9,14,16,19-20H,2,4,6,10-12,15H2,1H3;1,4-5,10,13-14H,3,6-8,11H2;2-5H,1H3/t19-,20-;13-,14-;/m00./s1. The largest absolute Gasteiger partial charge is 0.353 e. The van der Waals surface area contributed by atoms with E-state index in [1.165, 1.54) is 11.1 Å². The normalized spacial score (nSPS) is 20.3. The number of carbonyl (C=O) groups excluding carboxylic acids is 2. The number of nitriles is 2. The summed E-state index contributed by atoms with van der Waals surface area (Å²) in [5.74, 6) is 4.96. The van der Waals surface area contributed by atoms with Crippen LogP contribution in [-0.4, -0.2) is 102 Å². The summed E-state index contributed by atoms with van der Waals surface area (Å²) in [7, 11) is 4.02. The number of carbonyl (C=O) groups is 2. The molecule has 6 aromatic rings. The number of para-hydroxylation sites is 2. The van der Waals surface area contributed by atoms with Crippen LogP contribution >= 0.6 is 15.9 Å². The first-order valence-electron chi connectivity index (χ1n) is 21.4. The van der Waals surface area contributed by atoms with E-state index in [9.17, 15) is 9.59 Å². The molecule has 14 nitrogen and oxygen atoms in total. The van der Waals surface area contributed by atoms with E-state index in [2.05, 4.69) is 85.3 Å². The number of rotatable bonds is 7. The number of terminal acetylenes is 1. The Bertz CT molecular complexity index is 2730. The minimum absolute atomic E-state index is 0.0196. The van der Waals surface area contributed by atoms with Crippen LogP contribution in [0.25, 0.3) is 22.1 Å². The zero-order chi connectivity index (χ0) is 44.0. The molecule has 320 valence electrons. The number of benzene rings is 2. The highest BCUT2D eigenvalue weighted by atomic mass is 79.9. The smallest absolute Gasteiger partial charge is 0.227 e. The van der Waals surface area contributed by atoms with E-state index >= 15 is 0 Å². The summed E-state index contributed by atoms with van der Waals surface area (Å²) in [6.45, 7) is 4.61. The number of hydrogen-bond acceptors (Lipinski definition) is 10. The van der Waals surface area contributed by atoms with Gasteiger partial charge in [-0.1, -0.05) is 18.2 Å². The Morgan fingerprint density at radius 3 is 1.78 bits per heavy atom. The maximum atomic E-state index is 13.0. The molecule has 0 bridgehead atoms. The third kappa shape index (κ3) is 9.23. The summed E-state index contributed by atoms with van der Waals surface area (Å²) in [6.07, 6.45) is 17.4. The SMILES string of the molecule is C#CC[C@H]1C[C@H]2CN(c3ccc(C#N)cn3)CCN2C1=O.Cn1cnc2cccc(Br)c21.Cn1cnc2cccc(CCC[C@H]3C[C@H]4CN(c5ccc(C#N)cn5)CCN4C3=O)c21. The molecule has 2 amide bonds. The van der Waals surface area contributed by atoms with Crippen molar-refractivity contribution in [3.63, 3.8) is 0 Å². The highest BCUT2D eigenvalue weighted by Gasteiger charge is 2.43. The Hall–Kier alpha value is -6.76. The first-order chi connectivity index (χ1) is 30.6. The number of nitrogens with zero attached hydrogens (tertiary/aromatic N) is 12. The second kappa shape index (κ2) is 19.1. The van der Waals surface area contributed by atoms with Crippen LogP contribution in [-0.2, 0) is 30.1 Å². The van der Waals surface area contributed by atoms with Crippen LogP contribution in [0.3, 0.4) is 0 Å². The number of aromatic nitrogens is 6. The van der Waals surface area contributed by atoms with Gasteiger partial charge in [-0.05, 0) is 96.1 Å². The van der Waals surface area contributed by atoms with E-state index in [1.807, 2.05) is 72.6 Å². The molecule has 63 heavy (non-hydrogen) atoms. The maximum Gasteiger partial charge on any atom is 0.227 e. The molecule has 0 spiro atoms. The number of anilines is 2. The number of hydrogen-bond donors (Lipinski definition) is 0. The fraction of sp³-hybridized carbons (Fsp3) is 0.375. The molecule has 4 aliphatic rings. The van der Waals surface area contributed by atoms with Crippen molar-refractivity contribution in [2.24, 2.45) is 25.9 Å². The quantitative estimate of drug-likeness (QED) is 0.168. The number of fused-ring (bicyclic) bond motifs is 4. The lowest BCUT2D eigenvalue weighted by atomic mass is 9.96. The Kier molecular flexibility index (Phi) is 13.0. The molecular formula is C48H49BrN12O2. The lowest BCUT2D eigenvalue weighted by Crippen LogP contribution is -2.51. The lowest BCUT2D eigenvalue weighted by Gasteiger charge is -2.38. The molecule has 15 heteroatoms. The molecule has 0 saturated carbocycles. The fourth-order valence-electron chi connectivity index (χ4n) is 9.47. The van der Waals surface area contributed by atoms with Crippen LogP contribution in [0.5, 0.6) is 0 Å². The average molecular weight is 906 g/mol. The van der Waals surface area contributed by atoms with Gasteiger partial charge in [0.1, 0.15) is 23.8 Å². The Labute approximate surface area is 375 Å². The maximum absolute atomic E-state index is 13.0. The van der Waals surface area contributed by atoms with Gasteiger partial charge in [-0.25, -0.2) is 19.9 Å². The second-order valence-electron chi connectivity index (χ2n) is 16.6. The van der Waals surface area contributed by atoms with Gasteiger partial charge < -0.3 is 28.7 Å². The third-order valence-corrected chi connectivity index (χ3v) is 13.3. The Morgan fingerprint density at radius 2 is 1.24 bits per heavy atom. The molecule has 4 aromatic heterocycles. The lowest BCUT2D eigenvalue weighted by molar-refractivity contribution is -0.133. The number of amides is 2. The van der Waals surface area contributed by atoms with Gasteiger partial charge in [-0.3, -0.25) is 9.59 Å². The van der Waals surface area contributed by atoms with Gasteiger partial charge in [0.25, 0.3) is 0 Å². The molecular weight excluding hydrogens is 857 g/mol. The van der Waals surface area contributed by atoms with Gasteiger partial charge in [-0.15, -0.1) is 12.3 Å². The average Bonchev–Trinajstić information content (AvgIpc) is 4.07. The number of aryl methyl sites for hydroxylation is 3. The van der Waals surface area contributed by atoms with Crippen molar-refractivity contribution in [3.05, 3.63) is 107 Å². The molecule has 0 aliphatic carbocycles. The number of halogens is 1. The van der Waals surface area contributed by atoms with Crippen molar-refractivity contribution in [1.82, 2.24) is 38.9 Å². The zero-order valence-corrected chi connectivity index (χ0v) is 37.1. The van der Waals surface area contributed by atoms with Gasteiger partial charge >= 0.3 is 0 Å². The van der Waals surface area contributed by atoms with Gasteiger partial charge in [0.15, 0.2) is 0 Å². The predicted molar refractivity (Wildman–Crippen MR) is 245 cm³/mol. The van der Waals surface area contributed by atoms with Crippen molar-refractivity contribution >= 4 is 61.4 Å². The summed E-state index contributed by atoms with van der Waals surface area (Å²) < 4.78 is 5.17. The van der Waals surface area contributed by atoms with Gasteiger partial charge in [0.2, 0.25) is 11.8 Å². The van der Waals surface area contributed by atoms with Gasteiger partial charge in [0.05, 0.1) is 63.8 Å². The molecule has 0 radical (unpaired) electrons. The highest BCUT2D eigenvalue weighted by Crippen LogP contribution is 2.34. The molecule has 0 N–H and O–H groups in total. The molecule has 8 heterocycles. The van der Waals surface area contributed by atoms with Crippen LogP contribution in [0.15, 0.2) is 90.2 Å². The molecule has 4 saturated heterocycles. The van der Waals surface area contributed by atoms with E-state index in [-0.39, 0.29) is 29.8 Å². The molecule has 4 atom stereocenters. The minimum atomic E-state index is -0.0196. The van der Waals surface area contributed by atoms with Crippen LogP contribution in [0.2, 0.25) is 0 Å². The summed E-state index contributed by atoms with van der Waals surface area (Å²) in [5.41, 5.74) is 6.84. The Balaban J connectivity index is 0.000000146. The van der Waals surface area contributed by atoms with E-state index in [0.717, 1.165) is 97.5 Å². The molecule has 2 aromatic carbocycles. The number of imidazole rings is 2. The zero-order valence-electron chi connectivity index (χ0n) is 35.5. The van der Waals surface area contributed by atoms with E-state index < -0.39 is 0 Å². The van der Waals surface area contributed by atoms with Crippen molar-refractivity contribution < 1.29 is 9.59 Å². The minimum Gasteiger partial charge on any atom is -0.353 e. The van der Waals surface area contributed by atoms with Crippen molar-refractivity contribution in [1.29, 1.82) is 10.5 Å². The van der Waals surface area contributed by atoms with Gasteiger partial charge in [0, 0.05) is 82.6 Å². The van der Waals surface area contributed by atoms with Crippen LogP contribution in [0.4, 0.5) is 11.6 Å². The topological polar surface area (TPSA) is 156 Å².